The molecule has 4 rings (SSSR count). The van der Waals surface area contributed by atoms with Gasteiger partial charge in [0.05, 0.1) is 17.5 Å². The van der Waals surface area contributed by atoms with Crippen molar-refractivity contribution in [2.45, 2.75) is 0 Å². The van der Waals surface area contributed by atoms with Gasteiger partial charge in [0.2, 0.25) is 0 Å². The molecule has 0 saturated carbocycles. The van der Waals surface area contributed by atoms with E-state index in [1.54, 1.807) is 6.20 Å². The van der Waals surface area contributed by atoms with Crippen LogP contribution in [-0.4, -0.2) is 10.2 Å². The first kappa shape index (κ1) is 7.81. The lowest BCUT2D eigenvalue weighted by molar-refractivity contribution is 0.946. The van der Waals surface area contributed by atoms with Gasteiger partial charge in [-0.15, -0.1) is 15.3 Å². The molecule has 1 aromatic carbocycles. The SMILES string of the molecule is C1=c2nnc3c(c2N=N1)-c1ccccc1N=3. The zero-order valence-electron chi connectivity index (χ0n) is 8.12. The highest BCUT2D eigenvalue weighted by Crippen LogP contribution is 2.36. The number of azo groups is 1. The number of aromatic nitrogens is 2. The number of benzene rings is 1. The van der Waals surface area contributed by atoms with Crippen molar-refractivity contribution in [1.29, 1.82) is 0 Å². The second-order valence-corrected chi connectivity index (χ2v) is 3.61. The molecule has 0 radical (unpaired) electrons. The molecule has 2 aliphatic heterocycles. The molecule has 2 aliphatic rings. The highest BCUT2D eigenvalue weighted by atomic mass is 15.2. The van der Waals surface area contributed by atoms with Gasteiger partial charge in [0.1, 0.15) is 11.0 Å². The summed E-state index contributed by atoms with van der Waals surface area (Å²) in [5.74, 6) is 0. The summed E-state index contributed by atoms with van der Waals surface area (Å²) in [6.45, 7) is 0. The minimum atomic E-state index is 0.634. The molecule has 0 aliphatic carbocycles. The van der Waals surface area contributed by atoms with E-state index in [9.17, 15) is 0 Å². The highest BCUT2D eigenvalue weighted by molar-refractivity contribution is 5.85. The highest BCUT2D eigenvalue weighted by Gasteiger charge is 2.21. The van der Waals surface area contributed by atoms with Gasteiger partial charge >= 0.3 is 0 Å². The van der Waals surface area contributed by atoms with E-state index in [0.29, 0.717) is 10.8 Å². The van der Waals surface area contributed by atoms with Crippen LogP contribution in [0.25, 0.3) is 17.3 Å². The van der Waals surface area contributed by atoms with Gasteiger partial charge < -0.3 is 0 Å². The van der Waals surface area contributed by atoms with Gasteiger partial charge in [0.25, 0.3) is 0 Å². The maximum absolute atomic E-state index is 4.40. The van der Waals surface area contributed by atoms with E-state index in [1.807, 2.05) is 24.3 Å². The van der Waals surface area contributed by atoms with Crippen LogP contribution in [0, 0.1) is 0 Å². The van der Waals surface area contributed by atoms with E-state index in [4.69, 9.17) is 0 Å². The molecule has 0 fully saturated rings. The van der Waals surface area contributed by atoms with Crippen molar-refractivity contribution in [2.75, 3.05) is 0 Å². The first-order chi connectivity index (χ1) is 7.93. The Labute approximate surface area is 89.9 Å². The Hall–Kier alpha value is -2.43. The molecule has 1 aromatic heterocycles. The first-order valence-corrected chi connectivity index (χ1v) is 4.89. The van der Waals surface area contributed by atoms with Gasteiger partial charge in [-0.2, -0.15) is 5.11 Å². The molecule has 0 N–H and O–H groups in total. The normalized spacial score (nSPS) is 13.8. The fourth-order valence-electron chi connectivity index (χ4n) is 1.98. The molecular weight excluding hydrogens is 202 g/mol. The Morgan fingerprint density at radius 3 is 2.94 bits per heavy atom. The Morgan fingerprint density at radius 2 is 1.94 bits per heavy atom. The minimum Gasteiger partial charge on any atom is -0.226 e. The van der Waals surface area contributed by atoms with Crippen LogP contribution < -0.4 is 10.8 Å². The zero-order chi connectivity index (χ0) is 10.5. The third-order valence-corrected chi connectivity index (χ3v) is 2.69. The molecule has 74 valence electrons. The minimum absolute atomic E-state index is 0.634. The van der Waals surface area contributed by atoms with E-state index in [-0.39, 0.29) is 0 Å². The van der Waals surface area contributed by atoms with Crippen LogP contribution in [-0.2, 0) is 0 Å². The number of nitrogens with zero attached hydrogens (tertiary/aromatic N) is 5. The van der Waals surface area contributed by atoms with E-state index in [0.717, 1.165) is 22.5 Å². The molecule has 0 bridgehead atoms. The molecule has 3 heterocycles. The maximum atomic E-state index is 4.40. The lowest BCUT2D eigenvalue weighted by Gasteiger charge is -1.98. The van der Waals surface area contributed by atoms with Crippen LogP contribution in [0.5, 0.6) is 0 Å². The van der Waals surface area contributed by atoms with Crippen molar-refractivity contribution < 1.29 is 0 Å². The van der Waals surface area contributed by atoms with Gasteiger partial charge in [-0.25, -0.2) is 4.99 Å². The summed E-state index contributed by atoms with van der Waals surface area (Å²) < 4.78 is 0. The van der Waals surface area contributed by atoms with Crippen LogP contribution in [0.3, 0.4) is 0 Å². The van der Waals surface area contributed by atoms with Crippen LogP contribution >= 0.6 is 0 Å². The third kappa shape index (κ3) is 0.826. The van der Waals surface area contributed by atoms with E-state index < -0.39 is 0 Å². The van der Waals surface area contributed by atoms with Crippen LogP contribution in [0.2, 0.25) is 0 Å². The lowest BCUT2D eigenvalue weighted by atomic mass is 10.1. The molecule has 0 amide bonds. The number of fused-ring (bicyclic) bond motifs is 5. The predicted molar refractivity (Wildman–Crippen MR) is 56.9 cm³/mol. The van der Waals surface area contributed by atoms with Gasteiger partial charge in [-0.1, -0.05) is 18.2 Å². The van der Waals surface area contributed by atoms with Gasteiger partial charge in [0.15, 0.2) is 5.49 Å². The fourth-order valence-corrected chi connectivity index (χ4v) is 1.98. The van der Waals surface area contributed by atoms with E-state index >= 15 is 0 Å². The molecule has 16 heavy (non-hydrogen) atoms. The predicted octanol–water partition coefficient (Wildman–Crippen LogP) is 1.24. The molecule has 0 atom stereocenters. The summed E-state index contributed by atoms with van der Waals surface area (Å²) in [6.07, 6.45) is 1.61. The Balaban J connectivity index is 2.22. The Bertz CT molecular complexity index is 760. The third-order valence-electron chi connectivity index (χ3n) is 2.69. The van der Waals surface area contributed by atoms with Crippen molar-refractivity contribution in [1.82, 2.24) is 10.2 Å². The van der Waals surface area contributed by atoms with Gasteiger partial charge in [-0.3, -0.25) is 0 Å². The summed E-state index contributed by atoms with van der Waals surface area (Å²) in [7, 11) is 0. The van der Waals surface area contributed by atoms with Crippen molar-refractivity contribution in [3.63, 3.8) is 0 Å². The monoisotopic (exact) mass is 207 g/mol. The Morgan fingerprint density at radius 1 is 1.00 bits per heavy atom. The summed E-state index contributed by atoms with van der Waals surface area (Å²) in [5, 5.41) is 16.8. The smallest absolute Gasteiger partial charge is 0.185 e. The van der Waals surface area contributed by atoms with Gasteiger partial charge in [0, 0.05) is 5.56 Å². The second-order valence-electron chi connectivity index (χ2n) is 3.61. The van der Waals surface area contributed by atoms with E-state index in [1.165, 1.54) is 0 Å². The maximum Gasteiger partial charge on any atom is 0.185 e. The number of hydrogen-bond acceptors (Lipinski definition) is 5. The topological polar surface area (TPSA) is 62.9 Å². The number of rotatable bonds is 0. The average molecular weight is 207 g/mol. The van der Waals surface area contributed by atoms with Crippen molar-refractivity contribution in [2.24, 2.45) is 15.2 Å². The molecule has 0 unspecified atom stereocenters. The summed E-state index contributed by atoms with van der Waals surface area (Å²) >= 11 is 0. The Kier molecular flexibility index (Phi) is 1.26. The lowest BCUT2D eigenvalue weighted by Crippen LogP contribution is -2.19. The molecule has 5 heteroatoms. The van der Waals surface area contributed by atoms with Crippen molar-refractivity contribution in [3.8, 4) is 11.1 Å². The summed E-state index contributed by atoms with van der Waals surface area (Å²) in [5.41, 5.74) is 4.33. The number of para-hydroxylation sites is 1. The average Bonchev–Trinajstić information content (AvgIpc) is 2.91. The second kappa shape index (κ2) is 2.57. The largest absolute Gasteiger partial charge is 0.226 e. The van der Waals surface area contributed by atoms with Crippen molar-refractivity contribution in [3.05, 3.63) is 35.1 Å². The summed E-state index contributed by atoms with van der Waals surface area (Å²) in [6, 6.07) is 7.90. The quantitative estimate of drug-likeness (QED) is 0.556. The van der Waals surface area contributed by atoms with Crippen LogP contribution in [0.15, 0.2) is 39.5 Å². The first-order valence-electron chi connectivity index (χ1n) is 4.89. The number of hydrogen-bond donors (Lipinski definition) is 0. The van der Waals surface area contributed by atoms with E-state index in [2.05, 4.69) is 25.4 Å². The molecule has 5 nitrogen and oxygen atoms in total. The standard InChI is InChI=1S/C11H5N5/c1-2-4-7-6(3-1)9-10-8(5-12-15-10)14-16-11(9)13-7/h1-5H. The molecule has 0 spiro atoms. The van der Waals surface area contributed by atoms with Crippen molar-refractivity contribution >= 4 is 17.6 Å². The molecule has 0 saturated heterocycles. The fraction of sp³-hybridized carbons (Fsp3) is 0. The molecular formula is C11H5N5. The summed E-state index contributed by atoms with van der Waals surface area (Å²) in [4.78, 5) is 4.40. The zero-order valence-corrected chi connectivity index (χ0v) is 8.12. The van der Waals surface area contributed by atoms with Gasteiger partial charge in [-0.05, 0) is 6.07 Å². The molecule has 2 aromatic rings. The van der Waals surface area contributed by atoms with Crippen LogP contribution in [0.4, 0.5) is 11.4 Å². The van der Waals surface area contributed by atoms with Crippen LogP contribution in [0.1, 0.15) is 0 Å².